The minimum Gasteiger partial charge on any atom is -0.497 e. The second-order valence-corrected chi connectivity index (χ2v) is 9.09. The van der Waals surface area contributed by atoms with Crippen LogP contribution in [0.2, 0.25) is 0 Å². The smallest absolute Gasteiger partial charge is 0.265 e. The fraction of sp³-hybridized carbons (Fsp3) is 0.320. The number of carbonyl (C=O) groups is 1. The Balaban J connectivity index is 1.32. The van der Waals surface area contributed by atoms with Crippen LogP contribution in [-0.4, -0.2) is 26.1 Å². The molecule has 1 aliphatic heterocycles. The van der Waals surface area contributed by atoms with Gasteiger partial charge in [0.05, 0.1) is 12.0 Å². The maximum Gasteiger partial charge on any atom is 0.265 e. The normalized spacial score (nSPS) is 15.3. The van der Waals surface area contributed by atoms with Crippen molar-refractivity contribution in [1.82, 2.24) is 0 Å². The van der Waals surface area contributed by atoms with E-state index in [1.165, 1.54) is 46.5 Å². The summed E-state index contributed by atoms with van der Waals surface area (Å²) < 4.78 is 5.36. The van der Waals surface area contributed by atoms with Crippen molar-refractivity contribution in [2.45, 2.75) is 32.1 Å². The summed E-state index contributed by atoms with van der Waals surface area (Å²) in [5.74, 6) is 0.856. The molecule has 1 amide bonds. The summed E-state index contributed by atoms with van der Waals surface area (Å²) in [5.41, 5.74) is 5.88. The summed E-state index contributed by atoms with van der Waals surface area (Å²) >= 11 is 1.58. The number of nitrogens with one attached hydrogen (secondary N) is 1. The maximum atomic E-state index is 12.9. The second-order valence-electron chi connectivity index (χ2n) is 8.04. The lowest BCUT2D eigenvalue weighted by molar-refractivity contribution is 0.103. The highest BCUT2D eigenvalue weighted by Crippen LogP contribution is 2.41. The van der Waals surface area contributed by atoms with E-state index in [9.17, 15) is 4.79 Å². The topological polar surface area (TPSA) is 41.6 Å². The predicted molar refractivity (Wildman–Crippen MR) is 124 cm³/mol. The number of amides is 1. The Kier molecular flexibility index (Phi) is 5.21. The number of nitrogens with zero attached hydrogens (tertiary/aromatic N) is 1. The molecule has 4 nitrogen and oxygen atoms in total. The van der Waals surface area contributed by atoms with Crippen molar-refractivity contribution in [3.05, 3.63) is 64.5 Å². The molecular weight excluding hydrogens is 392 g/mol. The van der Waals surface area contributed by atoms with Gasteiger partial charge in [0.1, 0.15) is 5.75 Å². The first-order chi connectivity index (χ1) is 14.7. The second kappa shape index (κ2) is 8.15. The van der Waals surface area contributed by atoms with Gasteiger partial charge < -0.3 is 15.0 Å². The Morgan fingerprint density at radius 3 is 2.50 bits per heavy atom. The van der Waals surface area contributed by atoms with Crippen LogP contribution in [0.5, 0.6) is 5.75 Å². The molecule has 5 rings (SSSR count). The molecule has 2 heterocycles. The van der Waals surface area contributed by atoms with Crippen molar-refractivity contribution in [2.75, 3.05) is 30.4 Å². The molecule has 1 saturated heterocycles. The number of hydrogen-bond acceptors (Lipinski definition) is 4. The molecule has 154 valence electrons. The number of benzene rings is 2. The van der Waals surface area contributed by atoms with Crippen molar-refractivity contribution in [3.8, 4) is 16.2 Å². The molecule has 0 bridgehead atoms. The maximum absolute atomic E-state index is 12.9. The highest BCUT2D eigenvalue weighted by atomic mass is 32.1. The fourth-order valence-corrected chi connectivity index (χ4v) is 5.62. The summed E-state index contributed by atoms with van der Waals surface area (Å²) in [6.45, 7) is 2.25. The first-order valence-electron chi connectivity index (χ1n) is 10.7. The van der Waals surface area contributed by atoms with Crippen LogP contribution in [0, 0.1) is 0 Å². The fourth-order valence-electron chi connectivity index (χ4n) is 4.45. The van der Waals surface area contributed by atoms with Gasteiger partial charge >= 0.3 is 0 Å². The van der Waals surface area contributed by atoms with E-state index in [1.807, 2.05) is 18.2 Å². The molecule has 2 aliphatic rings. The summed E-state index contributed by atoms with van der Waals surface area (Å²) in [7, 11) is 1.70. The summed E-state index contributed by atoms with van der Waals surface area (Å²) in [6, 6.07) is 16.5. The third-order valence-corrected chi connectivity index (χ3v) is 7.31. The zero-order valence-electron chi connectivity index (χ0n) is 17.2. The lowest BCUT2D eigenvalue weighted by Gasteiger charge is -2.28. The molecule has 0 saturated carbocycles. The van der Waals surface area contributed by atoms with Crippen LogP contribution in [0.4, 0.5) is 11.4 Å². The van der Waals surface area contributed by atoms with E-state index in [2.05, 4.69) is 40.5 Å². The van der Waals surface area contributed by atoms with E-state index >= 15 is 0 Å². The lowest BCUT2D eigenvalue weighted by atomic mass is 9.91. The number of fused-ring (bicyclic) bond motifs is 3. The van der Waals surface area contributed by atoms with Crippen LogP contribution in [0.15, 0.2) is 48.5 Å². The number of ether oxygens (including phenoxy) is 1. The molecule has 0 atom stereocenters. The van der Waals surface area contributed by atoms with E-state index in [0.717, 1.165) is 42.2 Å². The highest BCUT2D eigenvalue weighted by Gasteiger charge is 2.22. The van der Waals surface area contributed by atoms with Gasteiger partial charge in [0, 0.05) is 29.3 Å². The van der Waals surface area contributed by atoms with Gasteiger partial charge in [0.2, 0.25) is 0 Å². The number of hydrogen-bond donors (Lipinski definition) is 1. The van der Waals surface area contributed by atoms with Gasteiger partial charge in [-0.25, -0.2) is 0 Å². The van der Waals surface area contributed by atoms with Gasteiger partial charge in [-0.2, -0.15) is 0 Å². The number of rotatable bonds is 4. The van der Waals surface area contributed by atoms with Gasteiger partial charge in [-0.05, 0) is 97.3 Å². The molecule has 0 spiro atoms. The Hall–Kier alpha value is -2.79. The lowest BCUT2D eigenvalue weighted by Crippen LogP contribution is -2.29. The standard InChI is InChI=1S/C25H26N2O2S/c1-29-21-11-12-22-17(15-21)5-6-18-16-23(30-24(18)22)25(28)26-19-7-9-20(10-8-19)27-13-3-2-4-14-27/h7-12,15-16H,2-6,13-14H2,1H3,(H,26,28). The first kappa shape index (κ1) is 19.2. The molecular formula is C25H26N2O2S. The third-order valence-electron chi connectivity index (χ3n) is 6.10. The third kappa shape index (κ3) is 3.70. The van der Waals surface area contributed by atoms with Crippen molar-refractivity contribution < 1.29 is 9.53 Å². The number of piperidine rings is 1. The van der Waals surface area contributed by atoms with E-state index in [-0.39, 0.29) is 5.91 Å². The molecule has 5 heteroatoms. The molecule has 1 N–H and O–H groups in total. The van der Waals surface area contributed by atoms with E-state index in [1.54, 1.807) is 18.4 Å². The Bertz CT molecular complexity index is 1070. The van der Waals surface area contributed by atoms with Crippen LogP contribution in [0.1, 0.15) is 40.1 Å². The van der Waals surface area contributed by atoms with Gasteiger partial charge in [-0.1, -0.05) is 0 Å². The minimum absolute atomic E-state index is 0.0322. The van der Waals surface area contributed by atoms with Crippen LogP contribution >= 0.6 is 11.3 Å². The molecule has 1 fully saturated rings. The quantitative estimate of drug-likeness (QED) is 0.585. The van der Waals surface area contributed by atoms with Crippen molar-refractivity contribution in [3.63, 3.8) is 0 Å². The number of anilines is 2. The van der Waals surface area contributed by atoms with Crippen LogP contribution < -0.4 is 15.0 Å². The Morgan fingerprint density at radius 1 is 0.967 bits per heavy atom. The molecule has 1 aromatic heterocycles. The van der Waals surface area contributed by atoms with Gasteiger partial charge in [-0.3, -0.25) is 4.79 Å². The zero-order valence-corrected chi connectivity index (χ0v) is 18.1. The minimum atomic E-state index is -0.0322. The molecule has 0 unspecified atom stereocenters. The Morgan fingerprint density at radius 2 is 1.73 bits per heavy atom. The van der Waals surface area contributed by atoms with Gasteiger partial charge in [0.25, 0.3) is 5.91 Å². The average Bonchev–Trinajstić information content (AvgIpc) is 3.25. The molecule has 30 heavy (non-hydrogen) atoms. The van der Waals surface area contributed by atoms with Crippen LogP contribution in [-0.2, 0) is 12.8 Å². The Labute approximate surface area is 181 Å². The van der Waals surface area contributed by atoms with Gasteiger partial charge in [-0.15, -0.1) is 11.3 Å². The van der Waals surface area contributed by atoms with Crippen molar-refractivity contribution >= 4 is 28.6 Å². The van der Waals surface area contributed by atoms with E-state index in [0.29, 0.717) is 0 Å². The first-order valence-corrected chi connectivity index (χ1v) is 11.5. The van der Waals surface area contributed by atoms with E-state index < -0.39 is 0 Å². The number of aryl methyl sites for hydroxylation is 2. The molecule has 1 aliphatic carbocycles. The summed E-state index contributed by atoms with van der Waals surface area (Å²) in [6.07, 6.45) is 5.79. The zero-order chi connectivity index (χ0) is 20.5. The summed E-state index contributed by atoms with van der Waals surface area (Å²) in [4.78, 5) is 17.3. The number of thiophene rings is 1. The van der Waals surface area contributed by atoms with E-state index in [4.69, 9.17) is 4.74 Å². The monoisotopic (exact) mass is 418 g/mol. The van der Waals surface area contributed by atoms with Crippen molar-refractivity contribution in [2.24, 2.45) is 0 Å². The molecule has 2 aromatic carbocycles. The molecule has 3 aromatic rings. The van der Waals surface area contributed by atoms with Crippen LogP contribution in [0.25, 0.3) is 10.4 Å². The SMILES string of the molecule is COc1ccc2c(c1)CCc1cc(C(=O)Nc3ccc(N4CCCCC4)cc3)sc1-2. The largest absolute Gasteiger partial charge is 0.497 e. The van der Waals surface area contributed by atoms with Gasteiger partial charge in [0.15, 0.2) is 0 Å². The molecule has 0 radical (unpaired) electrons. The summed E-state index contributed by atoms with van der Waals surface area (Å²) in [5, 5.41) is 3.07. The van der Waals surface area contributed by atoms with Crippen LogP contribution in [0.3, 0.4) is 0 Å². The highest BCUT2D eigenvalue weighted by molar-refractivity contribution is 7.17. The number of methoxy groups -OCH3 is 1. The predicted octanol–water partition coefficient (Wildman–Crippen LogP) is 5.76. The van der Waals surface area contributed by atoms with Crippen molar-refractivity contribution in [1.29, 1.82) is 0 Å². The average molecular weight is 419 g/mol. The number of carbonyl (C=O) groups excluding carboxylic acids is 1.